The first-order chi connectivity index (χ1) is 9.70. The largest absolute Gasteiger partial charge is 0.358 e. The van der Waals surface area contributed by atoms with Gasteiger partial charge in [-0.25, -0.2) is 0 Å². The first-order valence-electron chi connectivity index (χ1n) is 6.39. The van der Waals surface area contributed by atoms with Crippen LogP contribution >= 0.6 is 12.2 Å². The summed E-state index contributed by atoms with van der Waals surface area (Å²) < 4.78 is 0. The zero-order valence-corrected chi connectivity index (χ0v) is 12.2. The minimum absolute atomic E-state index is 0.491. The molecule has 0 saturated carbocycles. The number of nitrogens with one attached hydrogen (secondary N) is 2. The van der Waals surface area contributed by atoms with Crippen molar-refractivity contribution < 1.29 is 0 Å². The molecule has 2 N–H and O–H groups in total. The van der Waals surface area contributed by atoms with Crippen LogP contribution in [0.2, 0.25) is 0 Å². The van der Waals surface area contributed by atoms with Crippen LogP contribution in [0.3, 0.4) is 0 Å². The molecule has 20 heavy (non-hydrogen) atoms. The number of fused-ring (bicyclic) bond motifs is 1. The molecule has 0 aromatic heterocycles. The maximum atomic E-state index is 5.09. The Morgan fingerprint density at radius 3 is 2.75 bits per heavy atom. The van der Waals surface area contributed by atoms with Gasteiger partial charge in [0.25, 0.3) is 0 Å². The summed E-state index contributed by atoms with van der Waals surface area (Å²) in [6, 6.07) is 14.5. The molecule has 0 heterocycles. The number of hydrazone groups is 1. The molecule has 3 nitrogen and oxygen atoms in total. The van der Waals surface area contributed by atoms with E-state index in [2.05, 4.69) is 52.8 Å². The highest BCUT2D eigenvalue weighted by molar-refractivity contribution is 7.80. The Hall–Kier alpha value is -2.20. The number of benzene rings is 2. The minimum Gasteiger partial charge on any atom is -0.358 e. The van der Waals surface area contributed by atoms with E-state index in [9.17, 15) is 0 Å². The highest BCUT2D eigenvalue weighted by atomic mass is 32.1. The molecule has 0 unspecified atom stereocenters. The number of hydrogen-bond donors (Lipinski definition) is 2. The van der Waals surface area contributed by atoms with E-state index in [1.807, 2.05) is 19.1 Å². The zero-order chi connectivity index (χ0) is 14.4. The zero-order valence-electron chi connectivity index (χ0n) is 11.4. The van der Waals surface area contributed by atoms with Crippen molar-refractivity contribution in [3.05, 3.63) is 60.7 Å². The lowest BCUT2D eigenvalue weighted by atomic mass is 10.0. The van der Waals surface area contributed by atoms with E-state index in [0.717, 1.165) is 11.3 Å². The van der Waals surface area contributed by atoms with Crippen LogP contribution in [0.25, 0.3) is 10.8 Å². The third-order valence-corrected chi connectivity index (χ3v) is 3.13. The first-order valence-corrected chi connectivity index (χ1v) is 6.80. The first kappa shape index (κ1) is 14.2. The van der Waals surface area contributed by atoms with Crippen molar-refractivity contribution in [2.75, 3.05) is 6.54 Å². The molecule has 4 heteroatoms. The molecule has 0 aliphatic carbocycles. The van der Waals surface area contributed by atoms with Gasteiger partial charge in [0.2, 0.25) is 0 Å². The molecule has 0 aliphatic rings. The van der Waals surface area contributed by atoms with Gasteiger partial charge in [0, 0.05) is 6.54 Å². The van der Waals surface area contributed by atoms with E-state index in [4.69, 9.17) is 12.2 Å². The molecular weight excluding hydrogens is 266 g/mol. The molecule has 0 radical (unpaired) electrons. The van der Waals surface area contributed by atoms with Crippen LogP contribution in [0.5, 0.6) is 0 Å². The van der Waals surface area contributed by atoms with Gasteiger partial charge >= 0.3 is 0 Å². The quantitative estimate of drug-likeness (QED) is 0.391. The normalized spacial score (nSPS) is 11.2. The molecule has 2 aromatic rings. The molecule has 0 aliphatic heterocycles. The third-order valence-electron chi connectivity index (χ3n) is 2.90. The summed E-state index contributed by atoms with van der Waals surface area (Å²) in [5.41, 5.74) is 4.78. The van der Waals surface area contributed by atoms with E-state index < -0.39 is 0 Å². The highest BCUT2D eigenvalue weighted by Crippen LogP contribution is 2.15. The Balaban J connectivity index is 2.12. The van der Waals surface area contributed by atoms with Gasteiger partial charge in [0.15, 0.2) is 5.11 Å². The number of thiocarbonyl (C=S) groups is 1. The van der Waals surface area contributed by atoms with Crippen LogP contribution in [-0.4, -0.2) is 17.4 Å². The summed E-state index contributed by atoms with van der Waals surface area (Å²) in [7, 11) is 0. The van der Waals surface area contributed by atoms with Crippen molar-refractivity contribution in [3.63, 3.8) is 0 Å². The Morgan fingerprint density at radius 1 is 1.25 bits per heavy atom. The molecule has 0 atom stereocenters. The molecule has 0 spiro atoms. The summed E-state index contributed by atoms with van der Waals surface area (Å²) in [6.07, 6.45) is 1.74. The lowest BCUT2D eigenvalue weighted by Gasteiger charge is -2.07. The SMILES string of the molecule is C=CCNC(=S)N/N=C(/C)c1ccc2ccccc2c1. The summed E-state index contributed by atoms with van der Waals surface area (Å²) in [4.78, 5) is 0. The van der Waals surface area contributed by atoms with Gasteiger partial charge in [-0.05, 0) is 41.5 Å². The van der Waals surface area contributed by atoms with Crippen molar-refractivity contribution in [1.82, 2.24) is 10.7 Å². The van der Waals surface area contributed by atoms with Gasteiger partial charge < -0.3 is 5.32 Å². The maximum Gasteiger partial charge on any atom is 0.187 e. The Bertz CT molecular complexity index is 662. The third kappa shape index (κ3) is 3.65. The topological polar surface area (TPSA) is 36.4 Å². The monoisotopic (exact) mass is 283 g/mol. The molecule has 2 rings (SSSR count). The van der Waals surface area contributed by atoms with Crippen LogP contribution in [-0.2, 0) is 0 Å². The molecular formula is C16H17N3S. The van der Waals surface area contributed by atoms with E-state index in [-0.39, 0.29) is 0 Å². The van der Waals surface area contributed by atoms with Crippen LogP contribution in [0.15, 0.2) is 60.2 Å². The van der Waals surface area contributed by atoms with Gasteiger partial charge in [0.05, 0.1) is 5.71 Å². The van der Waals surface area contributed by atoms with Gasteiger partial charge in [-0.3, -0.25) is 5.43 Å². The molecule has 2 aromatic carbocycles. The fourth-order valence-electron chi connectivity index (χ4n) is 1.82. The fraction of sp³-hybridized carbons (Fsp3) is 0.125. The van der Waals surface area contributed by atoms with E-state index in [0.29, 0.717) is 11.7 Å². The second-order valence-electron chi connectivity index (χ2n) is 4.37. The lowest BCUT2D eigenvalue weighted by Crippen LogP contribution is -2.32. The van der Waals surface area contributed by atoms with E-state index >= 15 is 0 Å². The van der Waals surface area contributed by atoms with Crippen molar-refractivity contribution in [3.8, 4) is 0 Å². The molecule has 0 fully saturated rings. The van der Waals surface area contributed by atoms with Crippen LogP contribution in [0.1, 0.15) is 12.5 Å². The van der Waals surface area contributed by atoms with Crippen LogP contribution in [0.4, 0.5) is 0 Å². The second kappa shape index (κ2) is 6.82. The van der Waals surface area contributed by atoms with Gasteiger partial charge in [-0.1, -0.05) is 42.5 Å². The molecule has 0 amide bonds. The molecule has 0 saturated heterocycles. The molecule has 102 valence electrons. The average molecular weight is 283 g/mol. The van der Waals surface area contributed by atoms with Gasteiger partial charge in [-0.15, -0.1) is 6.58 Å². The number of nitrogens with zero attached hydrogens (tertiary/aromatic N) is 1. The maximum absolute atomic E-state index is 5.09. The van der Waals surface area contributed by atoms with Crippen LogP contribution < -0.4 is 10.7 Å². The van der Waals surface area contributed by atoms with Crippen molar-refractivity contribution in [2.24, 2.45) is 5.10 Å². The fourth-order valence-corrected chi connectivity index (χ4v) is 1.95. The standard InChI is InChI=1S/C16H17N3S/c1-3-10-17-16(20)19-18-12(2)14-9-8-13-6-4-5-7-15(13)11-14/h3-9,11H,1,10H2,2H3,(H2,17,19,20)/b18-12-. The average Bonchev–Trinajstić information content (AvgIpc) is 2.50. The van der Waals surface area contributed by atoms with Crippen LogP contribution in [0, 0.1) is 0 Å². The predicted molar refractivity (Wildman–Crippen MR) is 90.1 cm³/mol. The van der Waals surface area contributed by atoms with Gasteiger partial charge in [0.1, 0.15) is 0 Å². The number of rotatable bonds is 4. The number of hydrogen-bond acceptors (Lipinski definition) is 2. The van der Waals surface area contributed by atoms with Crippen molar-refractivity contribution in [1.29, 1.82) is 0 Å². The summed E-state index contributed by atoms with van der Waals surface area (Å²) in [6.45, 7) is 6.19. The Labute approximate surface area is 124 Å². The highest BCUT2D eigenvalue weighted by Gasteiger charge is 2.00. The minimum atomic E-state index is 0.491. The van der Waals surface area contributed by atoms with E-state index in [1.54, 1.807) is 6.08 Å². The van der Waals surface area contributed by atoms with Crippen molar-refractivity contribution in [2.45, 2.75) is 6.92 Å². The summed E-state index contributed by atoms with van der Waals surface area (Å²) in [5.74, 6) is 0. The smallest absolute Gasteiger partial charge is 0.187 e. The van der Waals surface area contributed by atoms with E-state index in [1.165, 1.54) is 10.8 Å². The molecule has 0 bridgehead atoms. The Morgan fingerprint density at radius 2 is 2.00 bits per heavy atom. The van der Waals surface area contributed by atoms with Gasteiger partial charge in [-0.2, -0.15) is 5.10 Å². The van der Waals surface area contributed by atoms with Crippen molar-refractivity contribution >= 4 is 33.8 Å². The Kier molecular flexibility index (Phi) is 4.85. The predicted octanol–water partition coefficient (Wildman–Crippen LogP) is 3.21. The second-order valence-corrected chi connectivity index (χ2v) is 4.78. The summed E-state index contributed by atoms with van der Waals surface area (Å²) >= 11 is 5.09. The summed E-state index contributed by atoms with van der Waals surface area (Å²) in [5, 5.41) is 10.2. The lowest BCUT2D eigenvalue weighted by molar-refractivity contribution is 0.936.